The Morgan fingerprint density at radius 2 is 2.04 bits per heavy atom. The quantitative estimate of drug-likeness (QED) is 0.332. The van der Waals surface area contributed by atoms with Crippen molar-refractivity contribution >= 4 is 28.4 Å². The monoisotopic (exact) mass is 394 g/mol. The molecule has 4 rings (SSSR count). The van der Waals surface area contributed by atoms with Crippen LogP contribution in [0.1, 0.15) is 48.7 Å². The Morgan fingerprint density at radius 1 is 1.25 bits per heavy atom. The molecule has 1 aliphatic rings. The van der Waals surface area contributed by atoms with E-state index in [4.69, 9.17) is 9.72 Å². The molecule has 0 radical (unpaired) electrons. The molecule has 0 N–H and O–H groups in total. The van der Waals surface area contributed by atoms with E-state index in [1.165, 1.54) is 11.8 Å². The van der Waals surface area contributed by atoms with Gasteiger partial charge in [0.25, 0.3) is 5.56 Å². The molecule has 1 saturated carbocycles. The summed E-state index contributed by atoms with van der Waals surface area (Å²) in [4.78, 5) is 29.5. The fourth-order valence-electron chi connectivity index (χ4n) is 3.23. The van der Waals surface area contributed by atoms with Crippen molar-refractivity contribution in [3.05, 3.63) is 63.9 Å². The van der Waals surface area contributed by atoms with Crippen molar-refractivity contribution in [2.45, 2.75) is 43.6 Å². The standard InChI is InChI=1S/C22H22N2O3S/c1-3-27-20-11-8-15(14(2)25)12-16(20)13-28-22-23-19-7-5-4-6-18(19)21(26)24(22)17-9-10-17/h4-8,11-12,17H,3,9-10,13H2,1-2H3. The molecule has 28 heavy (non-hydrogen) atoms. The van der Waals surface area contributed by atoms with Crippen LogP contribution in [0.15, 0.2) is 52.4 Å². The fourth-order valence-corrected chi connectivity index (χ4v) is 4.28. The lowest BCUT2D eigenvalue weighted by Crippen LogP contribution is -2.22. The molecule has 2 aromatic carbocycles. The van der Waals surface area contributed by atoms with Gasteiger partial charge in [-0.1, -0.05) is 23.9 Å². The Balaban J connectivity index is 1.71. The Labute approximate surface area is 167 Å². The van der Waals surface area contributed by atoms with Crippen molar-refractivity contribution in [1.82, 2.24) is 9.55 Å². The Bertz CT molecular complexity index is 1100. The zero-order valence-electron chi connectivity index (χ0n) is 16.0. The fraction of sp³-hybridized carbons (Fsp3) is 0.318. The number of aromatic nitrogens is 2. The van der Waals surface area contributed by atoms with Crippen molar-refractivity contribution in [2.24, 2.45) is 0 Å². The van der Waals surface area contributed by atoms with Gasteiger partial charge in [-0.25, -0.2) is 4.98 Å². The summed E-state index contributed by atoms with van der Waals surface area (Å²) in [6, 6.07) is 13.2. The lowest BCUT2D eigenvalue weighted by atomic mass is 10.1. The second-order valence-corrected chi connectivity index (χ2v) is 7.86. The van der Waals surface area contributed by atoms with Crippen molar-refractivity contribution < 1.29 is 9.53 Å². The summed E-state index contributed by atoms with van der Waals surface area (Å²) in [6.07, 6.45) is 2.02. The number of ether oxygens (including phenoxy) is 1. The summed E-state index contributed by atoms with van der Waals surface area (Å²) in [7, 11) is 0. The molecule has 0 amide bonds. The van der Waals surface area contributed by atoms with Gasteiger partial charge in [0, 0.05) is 22.9 Å². The maximum absolute atomic E-state index is 13.0. The van der Waals surface area contributed by atoms with Crippen molar-refractivity contribution in [2.75, 3.05) is 6.61 Å². The topological polar surface area (TPSA) is 61.2 Å². The second-order valence-electron chi connectivity index (χ2n) is 6.92. The number of ketones is 1. The van der Waals surface area contributed by atoms with Gasteiger partial charge in [0.15, 0.2) is 10.9 Å². The Morgan fingerprint density at radius 3 is 2.75 bits per heavy atom. The molecule has 3 aromatic rings. The van der Waals surface area contributed by atoms with Crippen LogP contribution in [0.4, 0.5) is 0 Å². The highest BCUT2D eigenvalue weighted by Gasteiger charge is 2.28. The number of fused-ring (bicyclic) bond motifs is 1. The summed E-state index contributed by atoms with van der Waals surface area (Å²) in [5.74, 6) is 1.36. The molecule has 0 saturated heterocycles. The smallest absolute Gasteiger partial charge is 0.262 e. The van der Waals surface area contributed by atoms with E-state index in [0.717, 1.165) is 34.8 Å². The number of benzene rings is 2. The summed E-state index contributed by atoms with van der Waals surface area (Å²) in [5, 5.41) is 1.38. The molecular weight excluding hydrogens is 372 g/mol. The number of carbonyl (C=O) groups excluding carboxylic acids is 1. The van der Waals surface area contributed by atoms with E-state index in [1.54, 1.807) is 13.0 Å². The zero-order valence-corrected chi connectivity index (χ0v) is 16.8. The van der Waals surface area contributed by atoms with E-state index in [9.17, 15) is 9.59 Å². The van der Waals surface area contributed by atoms with Gasteiger partial charge in [-0.2, -0.15) is 0 Å². The third-order valence-electron chi connectivity index (χ3n) is 4.81. The molecule has 5 nitrogen and oxygen atoms in total. The van der Waals surface area contributed by atoms with Crippen molar-refractivity contribution in [1.29, 1.82) is 0 Å². The number of thioether (sulfide) groups is 1. The Kier molecular flexibility index (Phi) is 5.22. The lowest BCUT2D eigenvalue weighted by molar-refractivity contribution is 0.101. The van der Waals surface area contributed by atoms with Gasteiger partial charge in [0.1, 0.15) is 5.75 Å². The molecule has 1 aliphatic carbocycles. The molecule has 0 spiro atoms. The first kappa shape index (κ1) is 18.7. The minimum Gasteiger partial charge on any atom is -0.494 e. The van der Waals surface area contributed by atoms with Gasteiger partial charge in [0.2, 0.25) is 0 Å². The van der Waals surface area contributed by atoms with E-state index in [-0.39, 0.29) is 17.4 Å². The summed E-state index contributed by atoms with van der Waals surface area (Å²) in [5.41, 5.74) is 2.34. The number of Topliss-reactive ketones (excluding diaryl/α,β-unsaturated/α-hetero) is 1. The molecule has 0 atom stereocenters. The highest BCUT2D eigenvalue weighted by atomic mass is 32.2. The minimum atomic E-state index is 0.0213. The molecule has 144 valence electrons. The van der Waals surface area contributed by atoms with Crippen LogP contribution in [0.2, 0.25) is 0 Å². The number of hydrogen-bond donors (Lipinski definition) is 0. The third-order valence-corrected chi connectivity index (χ3v) is 5.81. The predicted molar refractivity (Wildman–Crippen MR) is 111 cm³/mol. The van der Waals surface area contributed by atoms with Gasteiger partial charge in [-0.15, -0.1) is 0 Å². The molecular formula is C22H22N2O3S. The number of hydrogen-bond acceptors (Lipinski definition) is 5. The first-order valence-corrected chi connectivity index (χ1v) is 10.5. The summed E-state index contributed by atoms with van der Waals surface area (Å²) < 4.78 is 7.57. The number of carbonyl (C=O) groups is 1. The number of rotatable bonds is 7. The SMILES string of the molecule is CCOc1ccc(C(C)=O)cc1CSc1nc2ccccc2c(=O)n1C1CC1. The molecule has 1 heterocycles. The average molecular weight is 394 g/mol. The maximum atomic E-state index is 13.0. The van der Waals surface area contributed by atoms with Crippen molar-refractivity contribution in [3.8, 4) is 5.75 Å². The molecule has 1 aromatic heterocycles. The van der Waals surface area contributed by atoms with E-state index < -0.39 is 0 Å². The zero-order chi connectivity index (χ0) is 19.7. The van der Waals surface area contributed by atoms with Gasteiger partial charge in [-0.3, -0.25) is 14.2 Å². The van der Waals surface area contributed by atoms with Gasteiger partial charge in [0.05, 0.1) is 17.5 Å². The largest absolute Gasteiger partial charge is 0.494 e. The predicted octanol–water partition coefficient (Wildman–Crippen LogP) is 4.63. The first-order chi connectivity index (χ1) is 13.6. The van der Waals surface area contributed by atoms with Crippen LogP contribution in [0.25, 0.3) is 10.9 Å². The van der Waals surface area contributed by atoms with Gasteiger partial charge in [-0.05, 0) is 57.0 Å². The second kappa shape index (κ2) is 7.80. The van der Waals surface area contributed by atoms with E-state index in [2.05, 4.69) is 0 Å². The van der Waals surface area contributed by atoms with E-state index >= 15 is 0 Å². The molecule has 0 unspecified atom stereocenters. The van der Waals surface area contributed by atoms with E-state index in [0.29, 0.717) is 23.3 Å². The van der Waals surface area contributed by atoms with Crippen LogP contribution in [0.3, 0.4) is 0 Å². The third kappa shape index (κ3) is 3.69. The van der Waals surface area contributed by atoms with Crippen LogP contribution in [-0.2, 0) is 5.75 Å². The number of nitrogens with zero attached hydrogens (tertiary/aromatic N) is 2. The maximum Gasteiger partial charge on any atom is 0.262 e. The Hall–Kier alpha value is -2.60. The first-order valence-electron chi connectivity index (χ1n) is 9.49. The molecule has 0 aliphatic heterocycles. The highest BCUT2D eigenvalue weighted by Crippen LogP contribution is 2.38. The minimum absolute atomic E-state index is 0.0213. The van der Waals surface area contributed by atoms with Crippen LogP contribution in [-0.4, -0.2) is 21.9 Å². The summed E-state index contributed by atoms with van der Waals surface area (Å²) in [6.45, 7) is 4.05. The van der Waals surface area contributed by atoms with Crippen LogP contribution in [0, 0.1) is 0 Å². The van der Waals surface area contributed by atoms with Gasteiger partial charge >= 0.3 is 0 Å². The van der Waals surface area contributed by atoms with E-state index in [1.807, 2.05) is 47.9 Å². The summed E-state index contributed by atoms with van der Waals surface area (Å²) >= 11 is 1.52. The van der Waals surface area contributed by atoms with Crippen LogP contribution >= 0.6 is 11.8 Å². The molecule has 6 heteroatoms. The highest BCUT2D eigenvalue weighted by molar-refractivity contribution is 7.98. The molecule has 0 bridgehead atoms. The lowest BCUT2D eigenvalue weighted by Gasteiger charge is -2.14. The number of para-hydroxylation sites is 1. The average Bonchev–Trinajstić information content (AvgIpc) is 3.52. The normalized spacial score (nSPS) is 13.6. The van der Waals surface area contributed by atoms with Crippen LogP contribution < -0.4 is 10.3 Å². The molecule has 1 fully saturated rings. The van der Waals surface area contributed by atoms with Crippen molar-refractivity contribution in [3.63, 3.8) is 0 Å². The van der Waals surface area contributed by atoms with Gasteiger partial charge < -0.3 is 4.74 Å². The van der Waals surface area contributed by atoms with Crippen LogP contribution in [0.5, 0.6) is 5.75 Å².